The first-order valence-electron chi connectivity index (χ1n) is 9.35. The summed E-state index contributed by atoms with van der Waals surface area (Å²) in [5.74, 6) is -0.442. The number of aromatic nitrogens is 2. The minimum Gasteiger partial charge on any atom is -0.497 e. The van der Waals surface area contributed by atoms with Gasteiger partial charge in [0.2, 0.25) is 5.91 Å². The van der Waals surface area contributed by atoms with E-state index in [-0.39, 0.29) is 23.7 Å². The number of amides is 1. The molecule has 7 heteroatoms. The molecule has 150 valence electrons. The van der Waals surface area contributed by atoms with Gasteiger partial charge in [0.15, 0.2) is 0 Å². The lowest BCUT2D eigenvalue weighted by Gasteiger charge is -2.10. The summed E-state index contributed by atoms with van der Waals surface area (Å²) in [6.07, 6.45) is 4.84. The quantitative estimate of drug-likeness (QED) is 0.670. The van der Waals surface area contributed by atoms with Gasteiger partial charge in [-0.05, 0) is 37.5 Å². The van der Waals surface area contributed by atoms with Crippen LogP contribution in [0.4, 0.5) is 4.39 Å². The third-order valence-corrected chi connectivity index (χ3v) is 4.33. The minimum atomic E-state index is -0.517. The average molecular weight is 387 g/mol. The van der Waals surface area contributed by atoms with Crippen molar-refractivity contribution in [2.24, 2.45) is 0 Å². The van der Waals surface area contributed by atoms with Gasteiger partial charge in [-0.3, -0.25) is 9.59 Å². The zero-order chi connectivity index (χ0) is 20.5. The molecule has 2 aromatic rings. The van der Waals surface area contributed by atoms with Gasteiger partial charge in [-0.2, -0.15) is 5.10 Å². The highest BCUT2D eigenvalue weighted by Crippen LogP contribution is 2.23. The van der Waals surface area contributed by atoms with Gasteiger partial charge < -0.3 is 10.1 Å². The molecule has 1 N–H and O–H groups in total. The topological polar surface area (TPSA) is 73.2 Å². The largest absolute Gasteiger partial charge is 0.497 e. The van der Waals surface area contributed by atoms with Crippen molar-refractivity contribution >= 4 is 5.91 Å². The molecule has 6 nitrogen and oxygen atoms in total. The number of ether oxygens (including phenoxy) is 1. The third-order valence-electron chi connectivity index (χ3n) is 4.33. The molecule has 0 unspecified atom stereocenters. The number of carbonyl (C=O) groups excluding carboxylic acids is 1. The molecule has 1 heterocycles. The summed E-state index contributed by atoms with van der Waals surface area (Å²) in [5, 5.41) is 6.94. The molecule has 0 radical (unpaired) electrons. The maximum absolute atomic E-state index is 14.3. The van der Waals surface area contributed by atoms with Gasteiger partial charge in [0.05, 0.1) is 12.8 Å². The van der Waals surface area contributed by atoms with E-state index in [0.29, 0.717) is 12.3 Å². The fraction of sp³-hybridized carbons (Fsp3) is 0.381. The normalized spacial score (nSPS) is 11.4. The summed E-state index contributed by atoms with van der Waals surface area (Å²) in [5.41, 5.74) is 1.36. The standard InChI is InChI=1S/C21H26FN3O3/c1-4-6-15(5-2)11-12-23-20(26)14-25-21(27)10-9-19(24-25)17-8-7-16(28-3)13-18(17)22/h6-10,13H,4-5,11-12,14H2,1-3H3,(H,23,26)/b15-6+. The molecule has 2 rings (SSSR count). The number of hydrogen-bond acceptors (Lipinski definition) is 4. The molecule has 1 aromatic heterocycles. The van der Waals surface area contributed by atoms with Gasteiger partial charge in [-0.25, -0.2) is 9.07 Å². The van der Waals surface area contributed by atoms with Gasteiger partial charge in [0.25, 0.3) is 5.56 Å². The number of carbonyl (C=O) groups is 1. The molecular formula is C21H26FN3O3. The number of halogens is 1. The Morgan fingerprint density at radius 2 is 2.07 bits per heavy atom. The van der Waals surface area contributed by atoms with E-state index in [1.54, 1.807) is 6.07 Å². The van der Waals surface area contributed by atoms with Crippen molar-refractivity contribution in [2.45, 2.75) is 39.7 Å². The zero-order valence-corrected chi connectivity index (χ0v) is 16.5. The summed E-state index contributed by atoms with van der Waals surface area (Å²) in [7, 11) is 1.45. The predicted molar refractivity (Wildman–Crippen MR) is 107 cm³/mol. The Morgan fingerprint density at radius 3 is 2.71 bits per heavy atom. The summed E-state index contributed by atoms with van der Waals surface area (Å²) >= 11 is 0. The summed E-state index contributed by atoms with van der Waals surface area (Å²) in [4.78, 5) is 24.2. The van der Waals surface area contributed by atoms with E-state index in [4.69, 9.17) is 4.74 Å². The van der Waals surface area contributed by atoms with Gasteiger partial charge >= 0.3 is 0 Å². The second-order valence-corrected chi connectivity index (χ2v) is 6.28. The molecule has 0 saturated heterocycles. The number of rotatable bonds is 9. The van der Waals surface area contributed by atoms with E-state index in [1.165, 1.54) is 36.9 Å². The Bertz CT molecular complexity index is 906. The molecule has 0 aliphatic carbocycles. The number of nitrogens with zero attached hydrogens (tertiary/aromatic N) is 2. The monoisotopic (exact) mass is 387 g/mol. The Labute approximate surface area is 164 Å². The summed E-state index contributed by atoms with van der Waals surface area (Å²) in [6, 6.07) is 7.09. The van der Waals surface area contributed by atoms with Crippen LogP contribution in [0.3, 0.4) is 0 Å². The van der Waals surface area contributed by atoms with Gasteiger partial charge in [-0.1, -0.05) is 25.5 Å². The van der Waals surface area contributed by atoms with Crippen molar-refractivity contribution in [2.75, 3.05) is 13.7 Å². The Balaban J connectivity index is 2.08. The molecule has 0 aliphatic rings. The van der Waals surface area contributed by atoms with Crippen LogP contribution in [-0.2, 0) is 11.3 Å². The number of nitrogens with one attached hydrogen (secondary N) is 1. The Kier molecular flexibility index (Phi) is 7.92. The number of methoxy groups -OCH3 is 1. The van der Waals surface area contributed by atoms with Crippen molar-refractivity contribution < 1.29 is 13.9 Å². The van der Waals surface area contributed by atoms with Crippen LogP contribution in [0.15, 0.2) is 46.8 Å². The van der Waals surface area contributed by atoms with E-state index in [1.807, 2.05) is 0 Å². The van der Waals surface area contributed by atoms with Crippen LogP contribution in [0.1, 0.15) is 33.1 Å². The van der Waals surface area contributed by atoms with Crippen molar-refractivity contribution in [3.8, 4) is 17.0 Å². The maximum Gasteiger partial charge on any atom is 0.267 e. The van der Waals surface area contributed by atoms with E-state index < -0.39 is 11.4 Å². The van der Waals surface area contributed by atoms with E-state index in [9.17, 15) is 14.0 Å². The molecule has 1 amide bonds. The predicted octanol–water partition coefficient (Wildman–Crippen LogP) is 3.31. The number of allylic oxidation sites excluding steroid dienone is 1. The van der Waals surface area contributed by atoms with Gasteiger partial charge in [0.1, 0.15) is 18.1 Å². The lowest BCUT2D eigenvalue weighted by Crippen LogP contribution is -2.34. The van der Waals surface area contributed by atoms with Gasteiger partial charge in [0, 0.05) is 24.2 Å². The van der Waals surface area contributed by atoms with Crippen molar-refractivity contribution in [3.63, 3.8) is 0 Å². The second-order valence-electron chi connectivity index (χ2n) is 6.28. The molecular weight excluding hydrogens is 361 g/mol. The van der Waals surface area contributed by atoms with E-state index in [0.717, 1.165) is 23.9 Å². The lowest BCUT2D eigenvalue weighted by atomic mass is 10.1. The van der Waals surface area contributed by atoms with E-state index in [2.05, 4.69) is 30.3 Å². The van der Waals surface area contributed by atoms with Crippen molar-refractivity contribution in [1.82, 2.24) is 15.1 Å². The first-order valence-corrected chi connectivity index (χ1v) is 9.35. The lowest BCUT2D eigenvalue weighted by molar-refractivity contribution is -0.121. The molecule has 0 aliphatic heterocycles. The second kappa shape index (κ2) is 10.4. The number of hydrogen-bond donors (Lipinski definition) is 1. The molecule has 0 bridgehead atoms. The molecule has 1 aromatic carbocycles. The molecule has 0 fully saturated rings. The van der Waals surface area contributed by atoms with Crippen molar-refractivity contribution in [1.29, 1.82) is 0 Å². The van der Waals surface area contributed by atoms with Crippen LogP contribution in [-0.4, -0.2) is 29.3 Å². The first kappa shape index (κ1) is 21.3. The molecule has 0 saturated carbocycles. The average Bonchev–Trinajstić information content (AvgIpc) is 2.69. The number of benzene rings is 1. The van der Waals surface area contributed by atoms with Crippen LogP contribution in [0, 0.1) is 5.82 Å². The highest BCUT2D eigenvalue weighted by atomic mass is 19.1. The minimum absolute atomic E-state index is 0.219. The first-order chi connectivity index (χ1) is 13.5. The van der Waals surface area contributed by atoms with Crippen LogP contribution in [0.25, 0.3) is 11.3 Å². The van der Waals surface area contributed by atoms with Crippen LogP contribution in [0.5, 0.6) is 5.75 Å². The highest BCUT2D eigenvalue weighted by Gasteiger charge is 2.11. The molecule has 0 atom stereocenters. The van der Waals surface area contributed by atoms with Crippen LogP contribution in [0.2, 0.25) is 0 Å². The maximum atomic E-state index is 14.3. The third kappa shape index (κ3) is 5.77. The Hall–Kier alpha value is -2.96. The summed E-state index contributed by atoms with van der Waals surface area (Å²) in [6.45, 7) is 4.44. The van der Waals surface area contributed by atoms with Crippen LogP contribution < -0.4 is 15.6 Å². The fourth-order valence-corrected chi connectivity index (χ4v) is 2.80. The van der Waals surface area contributed by atoms with Crippen LogP contribution >= 0.6 is 0 Å². The van der Waals surface area contributed by atoms with Gasteiger partial charge in [-0.15, -0.1) is 0 Å². The fourth-order valence-electron chi connectivity index (χ4n) is 2.80. The van der Waals surface area contributed by atoms with Crippen molar-refractivity contribution in [3.05, 3.63) is 58.2 Å². The highest BCUT2D eigenvalue weighted by molar-refractivity contribution is 5.75. The van der Waals surface area contributed by atoms with E-state index >= 15 is 0 Å². The molecule has 0 spiro atoms. The molecule has 28 heavy (non-hydrogen) atoms. The smallest absolute Gasteiger partial charge is 0.267 e. The Morgan fingerprint density at radius 1 is 1.29 bits per heavy atom. The summed E-state index contributed by atoms with van der Waals surface area (Å²) < 4.78 is 20.3. The zero-order valence-electron chi connectivity index (χ0n) is 16.5. The SMILES string of the molecule is CC/C=C(\CC)CCNC(=O)Cn1nc(-c2ccc(OC)cc2F)ccc1=O.